The van der Waals surface area contributed by atoms with Crippen LogP contribution in [0.25, 0.3) is 0 Å². The molecule has 2 N–H and O–H groups in total. The van der Waals surface area contributed by atoms with E-state index in [2.05, 4.69) is 10.6 Å². The molecule has 1 aromatic rings. The van der Waals surface area contributed by atoms with Gasteiger partial charge in [-0.1, -0.05) is 12.1 Å². The van der Waals surface area contributed by atoms with E-state index in [-0.39, 0.29) is 17.9 Å². The standard InChI is InChI=1S/C18H26N2O3/c1-22-16-8-4-14(5-9-16)18(21)20-15-6-2-13(3-7-15)17-12-19-10-11-23-17/h2-3,6-7,14,16-17,19H,4-5,8-12H2,1H3,(H,20,21). The molecule has 1 unspecified atom stereocenters. The van der Waals surface area contributed by atoms with Gasteiger partial charge in [-0.05, 0) is 43.4 Å². The van der Waals surface area contributed by atoms with Crippen LogP contribution < -0.4 is 10.6 Å². The molecule has 3 rings (SSSR count). The zero-order valence-corrected chi connectivity index (χ0v) is 13.7. The SMILES string of the molecule is COC1CCC(C(=O)Nc2ccc(C3CNCCO3)cc2)CC1. The Balaban J connectivity index is 1.52. The van der Waals surface area contributed by atoms with E-state index < -0.39 is 0 Å². The summed E-state index contributed by atoms with van der Waals surface area (Å²) in [5.41, 5.74) is 2.01. The van der Waals surface area contributed by atoms with Crippen molar-refractivity contribution in [1.82, 2.24) is 5.32 Å². The average Bonchev–Trinajstić information content (AvgIpc) is 2.63. The van der Waals surface area contributed by atoms with E-state index in [1.807, 2.05) is 24.3 Å². The molecule has 0 spiro atoms. The molecule has 2 fully saturated rings. The number of hydrogen-bond donors (Lipinski definition) is 2. The van der Waals surface area contributed by atoms with Gasteiger partial charge >= 0.3 is 0 Å². The van der Waals surface area contributed by atoms with Gasteiger partial charge < -0.3 is 20.1 Å². The Bertz CT molecular complexity index is 504. The molecule has 126 valence electrons. The second-order valence-corrected chi connectivity index (χ2v) is 6.38. The third-order valence-corrected chi connectivity index (χ3v) is 4.86. The lowest BCUT2D eigenvalue weighted by Crippen LogP contribution is -2.33. The van der Waals surface area contributed by atoms with Crippen LogP contribution in [0.15, 0.2) is 24.3 Å². The van der Waals surface area contributed by atoms with Crippen LogP contribution in [0, 0.1) is 5.92 Å². The van der Waals surface area contributed by atoms with Crippen molar-refractivity contribution in [3.05, 3.63) is 29.8 Å². The smallest absolute Gasteiger partial charge is 0.227 e. The predicted octanol–water partition coefficient (Wildman–Crippen LogP) is 2.49. The first-order valence-corrected chi connectivity index (χ1v) is 8.52. The Morgan fingerprint density at radius 1 is 1.22 bits per heavy atom. The van der Waals surface area contributed by atoms with Crippen LogP contribution in [0.3, 0.4) is 0 Å². The molecule has 1 aliphatic heterocycles. The van der Waals surface area contributed by atoms with Crippen LogP contribution in [0.4, 0.5) is 5.69 Å². The molecule has 1 saturated carbocycles. The fraction of sp³-hybridized carbons (Fsp3) is 0.611. The molecule has 5 nitrogen and oxygen atoms in total. The first-order valence-electron chi connectivity index (χ1n) is 8.52. The Morgan fingerprint density at radius 2 is 1.96 bits per heavy atom. The third kappa shape index (κ3) is 4.31. The van der Waals surface area contributed by atoms with Crippen molar-refractivity contribution in [1.29, 1.82) is 0 Å². The van der Waals surface area contributed by atoms with Gasteiger partial charge in [-0.25, -0.2) is 0 Å². The minimum Gasteiger partial charge on any atom is -0.381 e. The van der Waals surface area contributed by atoms with Gasteiger partial charge in [-0.2, -0.15) is 0 Å². The van der Waals surface area contributed by atoms with Crippen LogP contribution >= 0.6 is 0 Å². The highest BCUT2D eigenvalue weighted by Gasteiger charge is 2.26. The van der Waals surface area contributed by atoms with Crippen LogP contribution in [0.2, 0.25) is 0 Å². The van der Waals surface area contributed by atoms with Gasteiger partial charge in [0.15, 0.2) is 0 Å². The fourth-order valence-corrected chi connectivity index (χ4v) is 3.37. The number of ether oxygens (including phenoxy) is 2. The van der Waals surface area contributed by atoms with Crippen molar-refractivity contribution in [3.63, 3.8) is 0 Å². The van der Waals surface area contributed by atoms with Crippen LogP contribution in [0.1, 0.15) is 37.4 Å². The molecule has 23 heavy (non-hydrogen) atoms. The van der Waals surface area contributed by atoms with Crippen molar-refractivity contribution in [2.75, 3.05) is 32.1 Å². The number of anilines is 1. The van der Waals surface area contributed by atoms with Crippen molar-refractivity contribution in [3.8, 4) is 0 Å². The summed E-state index contributed by atoms with van der Waals surface area (Å²) < 4.78 is 11.1. The summed E-state index contributed by atoms with van der Waals surface area (Å²) in [6, 6.07) is 8.00. The van der Waals surface area contributed by atoms with Crippen molar-refractivity contribution < 1.29 is 14.3 Å². The minimum absolute atomic E-state index is 0.104. The molecule has 1 aromatic carbocycles. The number of benzene rings is 1. The summed E-state index contributed by atoms with van der Waals surface area (Å²) >= 11 is 0. The van der Waals surface area contributed by atoms with Gasteiger partial charge in [-0.15, -0.1) is 0 Å². The van der Waals surface area contributed by atoms with Gasteiger partial charge in [0.25, 0.3) is 0 Å². The molecule has 0 aromatic heterocycles. The van der Waals surface area contributed by atoms with Gasteiger partial charge in [0, 0.05) is 31.8 Å². The lowest BCUT2D eigenvalue weighted by Gasteiger charge is -2.27. The summed E-state index contributed by atoms with van der Waals surface area (Å²) in [4.78, 5) is 12.4. The lowest BCUT2D eigenvalue weighted by atomic mass is 9.87. The summed E-state index contributed by atoms with van der Waals surface area (Å²) in [5, 5.41) is 6.36. The number of nitrogens with one attached hydrogen (secondary N) is 2. The number of carbonyl (C=O) groups excluding carboxylic acids is 1. The normalized spacial score (nSPS) is 28.3. The highest BCUT2D eigenvalue weighted by molar-refractivity contribution is 5.92. The van der Waals surface area contributed by atoms with E-state index in [1.165, 1.54) is 0 Å². The summed E-state index contributed by atoms with van der Waals surface area (Å²) in [5.74, 6) is 0.231. The predicted molar refractivity (Wildman–Crippen MR) is 89.4 cm³/mol. The molecule has 0 radical (unpaired) electrons. The average molecular weight is 318 g/mol. The van der Waals surface area contributed by atoms with E-state index >= 15 is 0 Å². The highest BCUT2D eigenvalue weighted by Crippen LogP contribution is 2.27. The second kappa shape index (κ2) is 7.90. The minimum atomic E-state index is 0.104. The van der Waals surface area contributed by atoms with Crippen LogP contribution in [-0.4, -0.2) is 38.8 Å². The first-order chi connectivity index (χ1) is 11.3. The van der Waals surface area contributed by atoms with Crippen molar-refractivity contribution >= 4 is 11.6 Å². The Hall–Kier alpha value is -1.43. The Labute approximate surface area is 137 Å². The number of amides is 1. The number of rotatable bonds is 4. The zero-order chi connectivity index (χ0) is 16.1. The van der Waals surface area contributed by atoms with Gasteiger partial charge in [-0.3, -0.25) is 4.79 Å². The third-order valence-electron chi connectivity index (χ3n) is 4.86. The maximum Gasteiger partial charge on any atom is 0.227 e. The van der Waals surface area contributed by atoms with Crippen LogP contribution in [-0.2, 0) is 14.3 Å². The van der Waals surface area contributed by atoms with E-state index in [9.17, 15) is 4.79 Å². The largest absolute Gasteiger partial charge is 0.381 e. The maximum atomic E-state index is 12.4. The Morgan fingerprint density at radius 3 is 2.57 bits per heavy atom. The topological polar surface area (TPSA) is 59.6 Å². The monoisotopic (exact) mass is 318 g/mol. The molecule has 1 aliphatic carbocycles. The summed E-state index contributed by atoms with van der Waals surface area (Å²) in [7, 11) is 1.75. The van der Waals surface area contributed by atoms with Crippen molar-refractivity contribution in [2.24, 2.45) is 5.92 Å². The molecular formula is C18H26N2O3. The molecule has 2 aliphatic rings. The first kappa shape index (κ1) is 16.4. The molecule has 1 atom stereocenters. The maximum absolute atomic E-state index is 12.4. The number of morpholine rings is 1. The zero-order valence-electron chi connectivity index (χ0n) is 13.7. The molecule has 1 saturated heterocycles. The van der Waals surface area contributed by atoms with Gasteiger partial charge in [0.05, 0.1) is 18.8 Å². The van der Waals surface area contributed by atoms with E-state index in [1.54, 1.807) is 7.11 Å². The van der Waals surface area contributed by atoms with Gasteiger partial charge in [0.1, 0.15) is 0 Å². The van der Waals surface area contributed by atoms with Crippen LogP contribution in [0.5, 0.6) is 0 Å². The summed E-state index contributed by atoms with van der Waals surface area (Å²) in [6.45, 7) is 2.50. The quantitative estimate of drug-likeness (QED) is 0.895. The molecule has 5 heteroatoms. The molecule has 1 heterocycles. The van der Waals surface area contributed by atoms with E-state index in [4.69, 9.17) is 9.47 Å². The van der Waals surface area contributed by atoms with Gasteiger partial charge in [0.2, 0.25) is 5.91 Å². The number of methoxy groups -OCH3 is 1. The highest BCUT2D eigenvalue weighted by atomic mass is 16.5. The van der Waals surface area contributed by atoms with E-state index in [0.29, 0.717) is 6.10 Å². The number of hydrogen-bond acceptors (Lipinski definition) is 4. The second-order valence-electron chi connectivity index (χ2n) is 6.38. The van der Waals surface area contributed by atoms with Crippen molar-refractivity contribution in [2.45, 2.75) is 37.9 Å². The number of carbonyl (C=O) groups is 1. The molecular weight excluding hydrogens is 292 g/mol. The molecule has 1 amide bonds. The van der Waals surface area contributed by atoms with E-state index in [0.717, 1.165) is 56.6 Å². The molecule has 0 bridgehead atoms. The Kier molecular flexibility index (Phi) is 5.65. The summed E-state index contributed by atoms with van der Waals surface area (Å²) in [6.07, 6.45) is 4.19. The lowest BCUT2D eigenvalue weighted by molar-refractivity contribution is -0.121. The fourth-order valence-electron chi connectivity index (χ4n) is 3.37.